The standard InChI is InChI=1S/C17H20ClNO/c1-2-20-13-16-9-4-3-7-14(16)11-19-12-15-8-5-6-10-17(15)18/h3-10,19H,2,11-13H2,1H3. The van der Waals surface area contributed by atoms with Crippen molar-refractivity contribution < 1.29 is 4.74 Å². The molecule has 0 aliphatic rings. The molecule has 2 aromatic carbocycles. The molecule has 0 aromatic heterocycles. The first-order valence-electron chi connectivity index (χ1n) is 6.90. The molecule has 0 amide bonds. The molecule has 0 aliphatic heterocycles. The molecule has 0 fully saturated rings. The maximum absolute atomic E-state index is 6.15. The first kappa shape index (κ1) is 15.0. The summed E-state index contributed by atoms with van der Waals surface area (Å²) in [5.74, 6) is 0. The zero-order chi connectivity index (χ0) is 14.2. The molecule has 1 N–H and O–H groups in total. The van der Waals surface area contributed by atoms with Gasteiger partial charge in [-0.15, -0.1) is 0 Å². The molecule has 0 radical (unpaired) electrons. The Kier molecular flexibility index (Phi) is 6.06. The molecule has 106 valence electrons. The lowest BCUT2D eigenvalue weighted by molar-refractivity contribution is 0.133. The van der Waals surface area contributed by atoms with Gasteiger partial charge in [-0.25, -0.2) is 0 Å². The quantitative estimate of drug-likeness (QED) is 0.826. The van der Waals surface area contributed by atoms with Gasteiger partial charge in [0.1, 0.15) is 0 Å². The van der Waals surface area contributed by atoms with Gasteiger partial charge in [-0.2, -0.15) is 0 Å². The van der Waals surface area contributed by atoms with Crippen LogP contribution in [-0.2, 0) is 24.4 Å². The minimum Gasteiger partial charge on any atom is -0.377 e. The van der Waals surface area contributed by atoms with E-state index < -0.39 is 0 Å². The molecule has 2 aromatic rings. The van der Waals surface area contributed by atoms with Crippen LogP contribution in [0.15, 0.2) is 48.5 Å². The van der Waals surface area contributed by atoms with E-state index in [9.17, 15) is 0 Å². The molecular formula is C17H20ClNO. The molecule has 2 nitrogen and oxygen atoms in total. The van der Waals surface area contributed by atoms with Crippen molar-refractivity contribution >= 4 is 11.6 Å². The summed E-state index contributed by atoms with van der Waals surface area (Å²) in [6.45, 7) is 5.00. The Morgan fingerprint density at radius 3 is 2.20 bits per heavy atom. The molecule has 0 unspecified atom stereocenters. The molecule has 2 rings (SSSR count). The topological polar surface area (TPSA) is 21.3 Å². The van der Waals surface area contributed by atoms with E-state index in [1.165, 1.54) is 11.1 Å². The summed E-state index contributed by atoms with van der Waals surface area (Å²) in [5.41, 5.74) is 3.63. The fraction of sp³-hybridized carbons (Fsp3) is 0.294. The zero-order valence-electron chi connectivity index (χ0n) is 11.7. The van der Waals surface area contributed by atoms with E-state index in [4.69, 9.17) is 16.3 Å². The maximum Gasteiger partial charge on any atom is 0.0719 e. The van der Waals surface area contributed by atoms with Gasteiger partial charge in [-0.1, -0.05) is 54.1 Å². The molecule has 0 saturated carbocycles. The number of hydrogen-bond donors (Lipinski definition) is 1. The normalized spacial score (nSPS) is 10.7. The number of rotatable bonds is 7. The number of ether oxygens (including phenoxy) is 1. The molecule has 0 heterocycles. The summed E-state index contributed by atoms with van der Waals surface area (Å²) < 4.78 is 5.50. The highest BCUT2D eigenvalue weighted by molar-refractivity contribution is 6.31. The predicted octanol–water partition coefficient (Wildman–Crippen LogP) is 4.17. The molecule has 0 atom stereocenters. The van der Waals surface area contributed by atoms with Crippen LogP contribution < -0.4 is 5.32 Å². The van der Waals surface area contributed by atoms with Crippen LogP contribution in [-0.4, -0.2) is 6.61 Å². The van der Waals surface area contributed by atoms with Gasteiger partial charge in [0, 0.05) is 24.7 Å². The van der Waals surface area contributed by atoms with Crippen molar-refractivity contribution in [2.75, 3.05) is 6.61 Å². The van der Waals surface area contributed by atoms with Gasteiger partial charge >= 0.3 is 0 Å². The average molecular weight is 290 g/mol. The highest BCUT2D eigenvalue weighted by Gasteiger charge is 2.02. The lowest BCUT2D eigenvalue weighted by atomic mass is 10.1. The van der Waals surface area contributed by atoms with Crippen LogP contribution in [0, 0.1) is 0 Å². The van der Waals surface area contributed by atoms with E-state index in [1.807, 2.05) is 37.3 Å². The van der Waals surface area contributed by atoms with Gasteiger partial charge in [0.15, 0.2) is 0 Å². The lowest BCUT2D eigenvalue weighted by Crippen LogP contribution is -2.14. The molecule has 3 heteroatoms. The van der Waals surface area contributed by atoms with E-state index in [1.54, 1.807) is 0 Å². The highest BCUT2D eigenvalue weighted by Crippen LogP contribution is 2.15. The third-order valence-electron chi connectivity index (χ3n) is 3.17. The Bertz CT molecular complexity index is 542. The number of halogens is 1. The van der Waals surface area contributed by atoms with Crippen molar-refractivity contribution in [1.82, 2.24) is 5.32 Å². The SMILES string of the molecule is CCOCc1ccccc1CNCc1ccccc1Cl. The van der Waals surface area contributed by atoms with E-state index in [2.05, 4.69) is 23.5 Å². The molecule has 20 heavy (non-hydrogen) atoms. The summed E-state index contributed by atoms with van der Waals surface area (Å²) in [7, 11) is 0. The summed E-state index contributed by atoms with van der Waals surface area (Å²) in [6, 6.07) is 16.3. The largest absolute Gasteiger partial charge is 0.377 e. The Hall–Kier alpha value is -1.35. The van der Waals surface area contributed by atoms with Crippen LogP contribution in [0.2, 0.25) is 5.02 Å². The van der Waals surface area contributed by atoms with Gasteiger partial charge in [0.05, 0.1) is 6.61 Å². The van der Waals surface area contributed by atoms with Gasteiger partial charge in [0.2, 0.25) is 0 Å². The summed E-state index contributed by atoms with van der Waals surface area (Å²) in [6.07, 6.45) is 0. The minimum absolute atomic E-state index is 0.667. The third-order valence-corrected chi connectivity index (χ3v) is 3.54. The van der Waals surface area contributed by atoms with Crippen LogP contribution >= 0.6 is 11.6 Å². The van der Waals surface area contributed by atoms with E-state index >= 15 is 0 Å². The van der Waals surface area contributed by atoms with Crippen LogP contribution in [0.5, 0.6) is 0 Å². The first-order valence-corrected chi connectivity index (χ1v) is 7.27. The van der Waals surface area contributed by atoms with Gasteiger partial charge in [0.25, 0.3) is 0 Å². The Morgan fingerprint density at radius 1 is 0.900 bits per heavy atom. The summed E-state index contributed by atoms with van der Waals surface area (Å²) >= 11 is 6.15. The van der Waals surface area contributed by atoms with Crippen molar-refractivity contribution in [2.24, 2.45) is 0 Å². The van der Waals surface area contributed by atoms with Crippen LogP contribution in [0.3, 0.4) is 0 Å². The van der Waals surface area contributed by atoms with Crippen LogP contribution in [0.1, 0.15) is 23.6 Å². The number of hydrogen-bond acceptors (Lipinski definition) is 2. The summed E-state index contributed by atoms with van der Waals surface area (Å²) in [5, 5.41) is 4.24. The van der Waals surface area contributed by atoms with E-state index in [0.29, 0.717) is 6.61 Å². The van der Waals surface area contributed by atoms with E-state index in [-0.39, 0.29) is 0 Å². The lowest BCUT2D eigenvalue weighted by Gasteiger charge is -2.11. The molecule has 0 bridgehead atoms. The van der Waals surface area contributed by atoms with Crippen molar-refractivity contribution in [3.05, 3.63) is 70.2 Å². The Labute approximate surface area is 125 Å². The number of benzene rings is 2. The Morgan fingerprint density at radius 2 is 1.50 bits per heavy atom. The Balaban J connectivity index is 1.92. The first-order chi connectivity index (χ1) is 9.81. The second kappa shape index (κ2) is 8.05. The van der Waals surface area contributed by atoms with Gasteiger partial charge in [-0.3, -0.25) is 0 Å². The van der Waals surface area contributed by atoms with Crippen molar-refractivity contribution in [3.63, 3.8) is 0 Å². The minimum atomic E-state index is 0.667. The molecule has 0 aliphatic carbocycles. The third kappa shape index (κ3) is 4.34. The maximum atomic E-state index is 6.15. The van der Waals surface area contributed by atoms with Crippen LogP contribution in [0.25, 0.3) is 0 Å². The second-order valence-electron chi connectivity index (χ2n) is 4.60. The second-order valence-corrected chi connectivity index (χ2v) is 5.01. The molecule has 0 saturated heterocycles. The average Bonchev–Trinajstić information content (AvgIpc) is 2.48. The summed E-state index contributed by atoms with van der Waals surface area (Å²) in [4.78, 5) is 0. The number of nitrogens with one attached hydrogen (secondary N) is 1. The van der Waals surface area contributed by atoms with Crippen molar-refractivity contribution in [2.45, 2.75) is 26.6 Å². The molecular weight excluding hydrogens is 270 g/mol. The van der Waals surface area contributed by atoms with Gasteiger partial charge in [-0.05, 0) is 29.7 Å². The van der Waals surface area contributed by atoms with Crippen molar-refractivity contribution in [1.29, 1.82) is 0 Å². The fourth-order valence-electron chi connectivity index (χ4n) is 2.06. The van der Waals surface area contributed by atoms with Crippen molar-refractivity contribution in [3.8, 4) is 0 Å². The predicted molar refractivity (Wildman–Crippen MR) is 83.8 cm³/mol. The monoisotopic (exact) mass is 289 g/mol. The van der Waals surface area contributed by atoms with E-state index in [0.717, 1.165) is 30.3 Å². The van der Waals surface area contributed by atoms with Crippen LogP contribution in [0.4, 0.5) is 0 Å². The zero-order valence-corrected chi connectivity index (χ0v) is 12.5. The van der Waals surface area contributed by atoms with Gasteiger partial charge < -0.3 is 10.1 Å². The molecule has 0 spiro atoms. The fourth-order valence-corrected chi connectivity index (χ4v) is 2.26. The highest BCUT2D eigenvalue weighted by atomic mass is 35.5. The smallest absolute Gasteiger partial charge is 0.0719 e.